The lowest BCUT2D eigenvalue weighted by Gasteiger charge is -2.10. The van der Waals surface area contributed by atoms with Crippen molar-refractivity contribution in [2.24, 2.45) is 0 Å². The number of carbonyl (C=O) groups is 1. The van der Waals surface area contributed by atoms with Crippen molar-refractivity contribution in [1.29, 1.82) is 0 Å². The van der Waals surface area contributed by atoms with Gasteiger partial charge in [-0.2, -0.15) is 0 Å². The minimum absolute atomic E-state index is 0.240. The fourth-order valence-electron chi connectivity index (χ4n) is 1.17. The zero-order chi connectivity index (χ0) is 12.1. The molecule has 0 radical (unpaired) electrons. The Morgan fingerprint density at radius 2 is 2.19 bits per heavy atom. The van der Waals surface area contributed by atoms with E-state index in [-0.39, 0.29) is 12.2 Å². The number of hydrogen-bond acceptors (Lipinski definition) is 3. The molecule has 0 spiro atoms. The molecule has 0 fully saturated rings. The fourth-order valence-corrected chi connectivity index (χ4v) is 1.17. The van der Waals surface area contributed by atoms with E-state index >= 15 is 0 Å². The summed E-state index contributed by atoms with van der Waals surface area (Å²) < 4.78 is 18.3. The Kier molecular flexibility index (Phi) is 4.10. The van der Waals surface area contributed by atoms with Gasteiger partial charge in [0.05, 0.1) is 6.61 Å². The Bertz CT molecular complexity index is 390. The van der Waals surface area contributed by atoms with Gasteiger partial charge in [-0.05, 0) is 18.6 Å². The molecule has 0 saturated heterocycles. The molecule has 0 heterocycles. The maximum Gasteiger partial charge on any atom is 0.339 e. The first-order valence-corrected chi connectivity index (χ1v) is 4.95. The zero-order valence-electron chi connectivity index (χ0n) is 8.86. The summed E-state index contributed by atoms with van der Waals surface area (Å²) in [4.78, 5) is 10.7. The van der Waals surface area contributed by atoms with Crippen LogP contribution in [0.15, 0.2) is 12.1 Å². The Morgan fingerprint density at radius 3 is 2.75 bits per heavy atom. The van der Waals surface area contributed by atoms with Crippen molar-refractivity contribution in [1.82, 2.24) is 0 Å². The molecular weight excluding hydrogens is 215 g/mol. The van der Waals surface area contributed by atoms with E-state index < -0.39 is 23.3 Å². The standard InChI is InChI=1S/C11H13FO4/c1-2-3-6-16-10-8(12)5-4-7(9(10)13)11(14)15/h4-5,13H,2-3,6H2,1H3,(H,14,15). The van der Waals surface area contributed by atoms with Crippen LogP contribution in [0, 0.1) is 5.82 Å². The Labute approximate surface area is 92.3 Å². The Balaban J connectivity index is 2.97. The van der Waals surface area contributed by atoms with E-state index in [1.807, 2.05) is 6.92 Å². The summed E-state index contributed by atoms with van der Waals surface area (Å²) in [5.74, 6) is -3.15. The first-order valence-electron chi connectivity index (χ1n) is 4.95. The highest BCUT2D eigenvalue weighted by Gasteiger charge is 2.18. The third kappa shape index (κ3) is 2.62. The summed E-state index contributed by atoms with van der Waals surface area (Å²) >= 11 is 0. The van der Waals surface area contributed by atoms with E-state index in [9.17, 15) is 14.3 Å². The van der Waals surface area contributed by atoms with Crippen LogP contribution < -0.4 is 4.74 Å². The van der Waals surface area contributed by atoms with Crippen LogP contribution in [-0.4, -0.2) is 22.8 Å². The number of hydrogen-bond donors (Lipinski definition) is 2. The van der Waals surface area contributed by atoms with E-state index in [2.05, 4.69) is 0 Å². The van der Waals surface area contributed by atoms with Crippen molar-refractivity contribution in [2.75, 3.05) is 6.61 Å². The van der Waals surface area contributed by atoms with Gasteiger partial charge in [0, 0.05) is 0 Å². The number of aromatic hydroxyl groups is 1. The predicted molar refractivity (Wildman–Crippen MR) is 55.4 cm³/mol. The normalized spacial score (nSPS) is 10.1. The molecule has 1 rings (SSSR count). The highest BCUT2D eigenvalue weighted by Crippen LogP contribution is 2.33. The molecule has 88 valence electrons. The molecular formula is C11H13FO4. The summed E-state index contributed by atoms with van der Waals surface area (Å²) in [5.41, 5.74) is -0.368. The summed E-state index contributed by atoms with van der Waals surface area (Å²) in [7, 11) is 0. The third-order valence-electron chi connectivity index (χ3n) is 2.06. The highest BCUT2D eigenvalue weighted by atomic mass is 19.1. The first-order chi connectivity index (χ1) is 7.57. The molecule has 0 amide bonds. The molecule has 1 aromatic carbocycles. The van der Waals surface area contributed by atoms with Crippen LogP contribution in [0.3, 0.4) is 0 Å². The number of carboxylic acid groups (broad SMARTS) is 1. The van der Waals surface area contributed by atoms with Gasteiger partial charge >= 0.3 is 5.97 Å². The average molecular weight is 228 g/mol. The monoisotopic (exact) mass is 228 g/mol. The summed E-state index contributed by atoms with van der Waals surface area (Å²) in [5, 5.41) is 18.2. The molecule has 1 aromatic rings. The Morgan fingerprint density at radius 1 is 1.50 bits per heavy atom. The number of aromatic carboxylic acids is 1. The second kappa shape index (κ2) is 5.34. The van der Waals surface area contributed by atoms with Crippen molar-refractivity contribution >= 4 is 5.97 Å². The van der Waals surface area contributed by atoms with E-state index in [1.54, 1.807) is 0 Å². The Hall–Kier alpha value is -1.78. The van der Waals surface area contributed by atoms with Gasteiger partial charge in [-0.1, -0.05) is 13.3 Å². The molecule has 0 bridgehead atoms. The number of ether oxygens (including phenoxy) is 1. The van der Waals surface area contributed by atoms with E-state index in [0.717, 1.165) is 18.6 Å². The van der Waals surface area contributed by atoms with Gasteiger partial charge in [-0.15, -0.1) is 0 Å². The number of halogens is 1. The summed E-state index contributed by atoms with van der Waals surface area (Å²) in [6.45, 7) is 2.18. The first kappa shape index (κ1) is 12.3. The van der Waals surface area contributed by atoms with Crippen molar-refractivity contribution < 1.29 is 24.1 Å². The van der Waals surface area contributed by atoms with Crippen LogP contribution >= 0.6 is 0 Å². The lowest BCUT2D eigenvalue weighted by molar-refractivity contribution is 0.0692. The lowest BCUT2D eigenvalue weighted by atomic mass is 10.2. The van der Waals surface area contributed by atoms with Gasteiger partial charge in [0.25, 0.3) is 0 Å². The largest absolute Gasteiger partial charge is 0.504 e. The van der Waals surface area contributed by atoms with Gasteiger partial charge in [0.2, 0.25) is 0 Å². The minimum atomic E-state index is -1.32. The summed E-state index contributed by atoms with van der Waals surface area (Å²) in [6, 6.07) is 1.96. The van der Waals surface area contributed by atoms with Gasteiger partial charge in [-0.3, -0.25) is 0 Å². The van der Waals surface area contributed by atoms with Crippen LogP contribution in [0.1, 0.15) is 30.1 Å². The van der Waals surface area contributed by atoms with Crippen LogP contribution in [0.25, 0.3) is 0 Å². The zero-order valence-corrected chi connectivity index (χ0v) is 8.86. The van der Waals surface area contributed by atoms with Crippen molar-refractivity contribution in [3.63, 3.8) is 0 Å². The number of rotatable bonds is 5. The maximum absolute atomic E-state index is 13.2. The molecule has 2 N–H and O–H groups in total. The molecule has 5 heteroatoms. The number of carboxylic acids is 1. The fraction of sp³-hybridized carbons (Fsp3) is 0.364. The van der Waals surface area contributed by atoms with E-state index in [0.29, 0.717) is 6.42 Å². The molecule has 0 aromatic heterocycles. The van der Waals surface area contributed by atoms with Crippen LogP contribution in [0.5, 0.6) is 11.5 Å². The second-order valence-corrected chi connectivity index (χ2v) is 3.28. The number of benzene rings is 1. The highest BCUT2D eigenvalue weighted by molar-refractivity contribution is 5.91. The molecule has 16 heavy (non-hydrogen) atoms. The van der Waals surface area contributed by atoms with Crippen molar-refractivity contribution in [2.45, 2.75) is 19.8 Å². The minimum Gasteiger partial charge on any atom is -0.504 e. The topological polar surface area (TPSA) is 66.8 Å². The molecule has 4 nitrogen and oxygen atoms in total. The lowest BCUT2D eigenvalue weighted by Crippen LogP contribution is -2.03. The number of phenols is 1. The van der Waals surface area contributed by atoms with Crippen LogP contribution in [0.4, 0.5) is 4.39 Å². The maximum atomic E-state index is 13.2. The van der Waals surface area contributed by atoms with E-state index in [4.69, 9.17) is 9.84 Å². The smallest absolute Gasteiger partial charge is 0.339 e. The molecule has 0 aliphatic rings. The molecule has 0 atom stereocenters. The van der Waals surface area contributed by atoms with E-state index in [1.165, 1.54) is 0 Å². The predicted octanol–water partition coefficient (Wildman–Crippen LogP) is 2.41. The van der Waals surface area contributed by atoms with Crippen molar-refractivity contribution in [3.8, 4) is 11.5 Å². The SMILES string of the molecule is CCCCOc1c(F)ccc(C(=O)O)c1O. The number of unbranched alkanes of at least 4 members (excludes halogenated alkanes) is 1. The van der Waals surface area contributed by atoms with Gasteiger partial charge in [0.15, 0.2) is 17.3 Å². The quantitative estimate of drug-likeness (QED) is 0.759. The van der Waals surface area contributed by atoms with Crippen molar-refractivity contribution in [3.05, 3.63) is 23.5 Å². The summed E-state index contributed by atoms with van der Waals surface area (Å²) in [6.07, 6.45) is 1.57. The second-order valence-electron chi connectivity index (χ2n) is 3.28. The molecule has 0 aliphatic heterocycles. The third-order valence-corrected chi connectivity index (χ3v) is 2.06. The van der Waals surface area contributed by atoms with Gasteiger partial charge < -0.3 is 14.9 Å². The van der Waals surface area contributed by atoms with Crippen LogP contribution in [-0.2, 0) is 0 Å². The van der Waals surface area contributed by atoms with Gasteiger partial charge in [-0.25, -0.2) is 9.18 Å². The molecule has 0 saturated carbocycles. The van der Waals surface area contributed by atoms with Crippen LogP contribution in [0.2, 0.25) is 0 Å². The molecule has 0 unspecified atom stereocenters. The average Bonchev–Trinajstić information content (AvgIpc) is 2.22. The van der Waals surface area contributed by atoms with Gasteiger partial charge in [0.1, 0.15) is 5.56 Å². The molecule has 0 aliphatic carbocycles.